The Bertz CT molecular complexity index is 1670. The number of amides is 3. The molecule has 3 aliphatic rings. The van der Waals surface area contributed by atoms with Crippen molar-refractivity contribution in [2.45, 2.75) is 31.5 Å². The topological polar surface area (TPSA) is 135 Å². The van der Waals surface area contributed by atoms with Crippen LogP contribution in [0.15, 0.2) is 60.7 Å². The first kappa shape index (κ1) is 28.0. The number of nitrogens with zero attached hydrogens (tertiary/aromatic N) is 2. The van der Waals surface area contributed by atoms with Crippen LogP contribution in [0, 0.1) is 5.82 Å². The third kappa shape index (κ3) is 6.37. The van der Waals surface area contributed by atoms with E-state index in [4.69, 9.17) is 14.2 Å². The molecule has 43 heavy (non-hydrogen) atoms. The molecule has 222 valence electrons. The average Bonchev–Trinajstić information content (AvgIpc) is 3.60. The highest BCUT2D eigenvalue weighted by Crippen LogP contribution is 2.29. The van der Waals surface area contributed by atoms with Gasteiger partial charge in [-0.15, -0.1) is 0 Å². The molecule has 1 aromatic heterocycles. The molecule has 3 amide bonds. The van der Waals surface area contributed by atoms with Gasteiger partial charge in [-0.2, -0.15) is 0 Å². The van der Waals surface area contributed by atoms with Crippen LogP contribution in [0.3, 0.4) is 0 Å². The first-order chi connectivity index (χ1) is 20.8. The van der Waals surface area contributed by atoms with Crippen molar-refractivity contribution >= 4 is 28.8 Å². The third-order valence-electron chi connectivity index (χ3n) is 7.49. The molecule has 0 radical (unpaired) electrons. The number of aromatic nitrogens is 2. The molecular formula is C31H30FN5O6. The Balaban J connectivity index is 1.21. The van der Waals surface area contributed by atoms with E-state index in [2.05, 4.69) is 20.6 Å². The molecule has 3 aromatic carbocycles. The fourth-order valence-corrected chi connectivity index (χ4v) is 5.21. The van der Waals surface area contributed by atoms with Crippen LogP contribution < -0.4 is 24.8 Å². The zero-order valence-corrected chi connectivity index (χ0v) is 23.4. The summed E-state index contributed by atoms with van der Waals surface area (Å²) in [5.74, 6) is 0.599. The molecule has 1 saturated heterocycles. The normalized spacial score (nSPS) is 18.7. The summed E-state index contributed by atoms with van der Waals surface area (Å²) in [5.41, 5.74) is 2.37. The number of methoxy groups -OCH3 is 1. The number of aromatic amines is 1. The van der Waals surface area contributed by atoms with Crippen LogP contribution in [0.4, 0.5) is 4.39 Å². The number of fused-ring (bicyclic) bond motifs is 8. The molecule has 4 bridgehead atoms. The van der Waals surface area contributed by atoms with Crippen molar-refractivity contribution in [2.24, 2.45) is 0 Å². The van der Waals surface area contributed by atoms with Crippen molar-refractivity contribution in [3.63, 3.8) is 0 Å². The number of hydrogen-bond donors (Lipinski definition) is 3. The van der Waals surface area contributed by atoms with Crippen LogP contribution in [-0.4, -0.2) is 71.5 Å². The average molecular weight is 588 g/mol. The maximum absolute atomic E-state index is 13.6. The fourth-order valence-electron chi connectivity index (χ4n) is 5.21. The second kappa shape index (κ2) is 12.0. The monoisotopic (exact) mass is 587 g/mol. The first-order valence-corrected chi connectivity index (χ1v) is 13.9. The second-order valence-corrected chi connectivity index (χ2v) is 10.5. The van der Waals surface area contributed by atoms with E-state index in [1.807, 2.05) is 12.1 Å². The maximum atomic E-state index is 13.6. The Labute approximate surface area is 246 Å². The molecule has 12 heteroatoms. The smallest absolute Gasteiger partial charge is 0.258 e. The molecule has 4 aromatic rings. The first-order valence-electron chi connectivity index (χ1n) is 13.9. The van der Waals surface area contributed by atoms with Crippen molar-refractivity contribution in [2.75, 3.05) is 26.8 Å². The summed E-state index contributed by atoms with van der Waals surface area (Å²) >= 11 is 0. The van der Waals surface area contributed by atoms with Gasteiger partial charge in [0.1, 0.15) is 23.5 Å². The van der Waals surface area contributed by atoms with Gasteiger partial charge in [-0.05, 0) is 54.1 Å². The lowest BCUT2D eigenvalue weighted by Crippen LogP contribution is -2.45. The number of aryl methyl sites for hydroxylation is 1. The van der Waals surface area contributed by atoms with E-state index in [1.165, 1.54) is 25.3 Å². The predicted molar refractivity (Wildman–Crippen MR) is 153 cm³/mol. The zero-order chi connectivity index (χ0) is 29.9. The molecule has 7 rings (SSSR count). The molecule has 3 aliphatic heterocycles. The molecule has 1 fully saturated rings. The number of nitrogens with one attached hydrogen (secondary N) is 3. The standard InChI is InChI=1S/C31H30FN5O6/c1-41-25-9-4-19-12-26(25)42-17-29(38)33-14-18-2-6-21(7-3-18)43-27-16-37(15-24(27)36-31(19)40)30(39)11-10-28-34-22-8-5-20(32)13-23(22)35-28/h2-9,12-13,24,27H,10-11,14-17H2,1H3,(H,33,38)(H,34,35)(H,36,40)/t24-,27-/m0/s1. The third-order valence-corrected chi connectivity index (χ3v) is 7.49. The fraction of sp³-hybridized carbons (Fsp3) is 0.290. The Morgan fingerprint density at radius 1 is 1.09 bits per heavy atom. The molecule has 0 spiro atoms. The van der Waals surface area contributed by atoms with Crippen molar-refractivity contribution in [3.8, 4) is 17.2 Å². The summed E-state index contributed by atoms with van der Waals surface area (Å²) in [6.07, 6.45) is 0.00750. The Kier molecular flexibility index (Phi) is 7.82. The molecule has 3 N–H and O–H groups in total. The lowest BCUT2D eigenvalue weighted by atomic mass is 10.1. The van der Waals surface area contributed by atoms with Crippen molar-refractivity contribution in [1.82, 2.24) is 25.5 Å². The van der Waals surface area contributed by atoms with Gasteiger partial charge in [-0.25, -0.2) is 9.37 Å². The number of H-pyrrole nitrogens is 1. The van der Waals surface area contributed by atoms with Gasteiger partial charge in [0.05, 0.1) is 30.7 Å². The summed E-state index contributed by atoms with van der Waals surface area (Å²) in [4.78, 5) is 48.2. The summed E-state index contributed by atoms with van der Waals surface area (Å²) in [6.45, 7) is 0.560. The van der Waals surface area contributed by atoms with Crippen LogP contribution in [0.25, 0.3) is 11.0 Å². The summed E-state index contributed by atoms with van der Waals surface area (Å²) in [6, 6.07) is 15.8. The van der Waals surface area contributed by atoms with Gasteiger partial charge in [0.25, 0.3) is 11.8 Å². The molecule has 0 unspecified atom stereocenters. The Morgan fingerprint density at radius 3 is 2.74 bits per heavy atom. The van der Waals surface area contributed by atoms with Crippen LogP contribution in [-0.2, 0) is 22.6 Å². The molecule has 0 saturated carbocycles. The van der Waals surface area contributed by atoms with Crippen LogP contribution in [0.2, 0.25) is 0 Å². The summed E-state index contributed by atoms with van der Waals surface area (Å²) < 4.78 is 30.9. The lowest BCUT2D eigenvalue weighted by molar-refractivity contribution is -0.130. The van der Waals surface area contributed by atoms with Gasteiger partial charge in [-0.3, -0.25) is 14.4 Å². The number of imidazole rings is 1. The van der Waals surface area contributed by atoms with Crippen LogP contribution >= 0.6 is 0 Å². The minimum Gasteiger partial charge on any atom is -0.493 e. The molecular weight excluding hydrogens is 557 g/mol. The molecule has 0 aliphatic carbocycles. The number of likely N-dealkylation sites (tertiary alicyclic amines) is 1. The zero-order valence-electron chi connectivity index (χ0n) is 23.4. The Hall–Kier alpha value is -5.13. The number of halogens is 1. The SMILES string of the molecule is COc1ccc2cc1OCC(=O)NCc1ccc(cc1)O[C@H]1CN(C(=O)CCc3nc4ccc(F)cc4[nH]3)C[C@@H]1NC2=O. The highest BCUT2D eigenvalue weighted by Gasteiger charge is 2.38. The van der Waals surface area contributed by atoms with Crippen molar-refractivity contribution in [1.29, 1.82) is 0 Å². The van der Waals surface area contributed by atoms with E-state index >= 15 is 0 Å². The number of rotatable bonds is 4. The number of carbonyl (C=O) groups excluding carboxylic acids is 3. The lowest BCUT2D eigenvalue weighted by Gasteiger charge is -2.21. The number of hydrogen-bond acceptors (Lipinski definition) is 7. The largest absolute Gasteiger partial charge is 0.493 e. The highest BCUT2D eigenvalue weighted by atomic mass is 19.1. The minimum atomic E-state index is -0.516. The van der Waals surface area contributed by atoms with Crippen LogP contribution in [0.1, 0.15) is 28.2 Å². The van der Waals surface area contributed by atoms with Crippen molar-refractivity contribution < 1.29 is 33.0 Å². The maximum Gasteiger partial charge on any atom is 0.258 e. The summed E-state index contributed by atoms with van der Waals surface area (Å²) in [5, 5.41) is 5.82. The van der Waals surface area contributed by atoms with Gasteiger partial charge >= 0.3 is 0 Å². The predicted octanol–water partition coefficient (Wildman–Crippen LogP) is 2.74. The minimum absolute atomic E-state index is 0.120. The van der Waals surface area contributed by atoms with Gasteiger partial charge in [0.15, 0.2) is 18.1 Å². The van der Waals surface area contributed by atoms with Crippen molar-refractivity contribution in [3.05, 3.63) is 83.4 Å². The van der Waals surface area contributed by atoms with Crippen LogP contribution in [0.5, 0.6) is 17.2 Å². The van der Waals surface area contributed by atoms with Gasteiger partial charge in [-0.1, -0.05) is 12.1 Å². The molecule has 11 nitrogen and oxygen atoms in total. The second-order valence-electron chi connectivity index (χ2n) is 10.5. The van der Waals surface area contributed by atoms with E-state index in [1.54, 1.807) is 35.2 Å². The van der Waals surface area contributed by atoms with Gasteiger partial charge in [0, 0.05) is 31.5 Å². The number of benzene rings is 3. The van der Waals surface area contributed by atoms with E-state index in [0.29, 0.717) is 46.9 Å². The highest BCUT2D eigenvalue weighted by molar-refractivity contribution is 5.95. The van der Waals surface area contributed by atoms with E-state index in [0.717, 1.165) is 5.56 Å². The molecule has 4 heterocycles. The summed E-state index contributed by atoms with van der Waals surface area (Å²) in [7, 11) is 1.47. The number of carbonyl (C=O) groups is 3. The van der Waals surface area contributed by atoms with E-state index in [9.17, 15) is 18.8 Å². The Morgan fingerprint density at radius 2 is 1.93 bits per heavy atom. The number of ether oxygens (including phenoxy) is 3. The van der Waals surface area contributed by atoms with E-state index < -0.39 is 12.1 Å². The van der Waals surface area contributed by atoms with Gasteiger partial charge in [0.2, 0.25) is 5.91 Å². The van der Waals surface area contributed by atoms with Gasteiger partial charge < -0.3 is 34.7 Å². The quantitative estimate of drug-likeness (QED) is 0.334. The molecule has 2 atom stereocenters. The van der Waals surface area contributed by atoms with E-state index in [-0.39, 0.29) is 55.4 Å².